The average Bonchev–Trinajstić information content (AvgIpc) is 3.16. The van der Waals surface area contributed by atoms with E-state index in [1.54, 1.807) is 17.0 Å². The second-order valence-corrected chi connectivity index (χ2v) is 6.79. The van der Waals surface area contributed by atoms with Crippen LogP contribution in [0.4, 0.5) is 0 Å². The fourth-order valence-corrected chi connectivity index (χ4v) is 4.17. The number of nitrogens with zero attached hydrogens (tertiary/aromatic N) is 1. The molecule has 0 aromatic heterocycles. The highest BCUT2D eigenvalue weighted by Gasteiger charge is 2.48. The lowest BCUT2D eigenvalue weighted by Gasteiger charge is -2.27. The highest BCUT2D eigenvalue weighted by atomic mass is 16.4. The molecule has 0 bridgehead atoms. The van der Waals surface area contributed by atoms with Crippen LogP contribution in [-0.2, 0) is 9.59 Å². The maximum absolute atomic E-state index is 12.6. The lowest BCUT2D eigenvalue weighted by atomic mass is 10.0. The molecule has 24 heavy (non-hydrogen) atoms. The van der Waals surface area contributed by atoms with Crippen LogP contribution in [0.1, 0.15) is 55.3 Å². The highest BCUT2D eigenvalue weighted by molar-refractivity contribution is 5.96. The van der Waals surface area contributed by atoms with E-state index in [1.807, 2.05) is 18.2 Å². The molecule has 1 N–H and O–H groups in total. The lowest BCUT2D eigenvalue weighted by molar-refractivity contribution is -0.149. The summed E-state index contributed by atoms with van der Waals surface area (Å²) in [5.74, 6) is -0.657. The van der Waals surface area contributed by atoms with E-state index in [1.165, 1.54) is 0 Å². The predicted octanol–water partition coefficient (Wildman–Crippen LogP) is 2.89. The van der Waals surface area contributed by atoms with Crippen LogP contribution in [0.2, 0.25) is 0 Å². The first-order chi connectivity index (χ1) is 11.6. The van der Waals surface area contributed by atoms with E-state index >= 15 is 0 Å². The standard InChI is InChI=1S/C19H23NO4/c21-17(13-6-2-1-3-7-13)10-5-11-18(22)20-15-9-4-8-14(15)12-16(20)19(23)24/h1-3,6-7,14-16H,4-5,8-12H2,(H,23,24)/t14-,15-,16-/m0/s1. The van der Waals surface area contributed by atoms with Crippen molar-refractivity contribution in [2.24, 2.45) is 5.92 Å². The van der Waals surface area contributed by atoms with Gasteiger partial charge in [0, 0.05) is 24.4 Å². The highest BCUT2D eigenvalue weighted by Crippen LogP contribution is 2.41. The number of fused-ring (bicyclic) bond motifs is 1. The molecule has 3 atom stereocenters. The number of Topliss-reactive ketones (excluding diaryl/α,β-unsaturated/α-hetero) is 1. The van der Waals surface area contributed by atoms with Crippen molar-refractivity contribution in [2.75, 3.05) is 0 Å². The van der Waals surface area contributed by atoms with Gasteiger partial charge in [-0.15, -0.1) is 0 Å². The molecule has 1 aliphatic carbocycles. The van der Waals surface area contributed by atoms with Crippen LogP contribution < -0.4 is 0 Å². The summed E-state index contributed by atoms with van der Waals surface area (Å²) in [5, 5.41) is 9.40. The number of rotatable bonds is 6. The number of carbonyl (C=O) groups is 3. The molecular formula is C19H23NO4. The van der Waals surface area contributed by atoms with E-state index in [0.29, 0.717) is 30.7 Å². The van der Waals surface area contributed by atoms with Gasteiger partial charge in [0.15, 0.2) is 5.78 Å². The summed E-state index contributed by atoms with van der Waals surface area (Å²) in [4.78, 5) is 37.7. The zero-order valence-electron chi connectivity index (χ0n) is 13.7. The van der Waals surface area contributed by atoms with Crippen LogP contribution in [0.3, 0.4) is 0 Å². The Hall–Kier alpha value is -2.17. The quantitative estimate of drug-likeness (QED) is 0.814. The summed E-state index contributed by atoms with van der Waals surface area (Å²) in [7, 11) is 0. The van der Waals surface area contributed by atoms with Crippen molar-refractivity contribution in [1.29, 1.82) is 0 Å². The van der Waals surface area contributed by atoms with Gasteiger partial charge >= 0.3 is 5.97 Å². The molecule has 1 aromatic carbocycles. The van der Waals surface area contributed by atoms with Gasteiger partial charge in [-0.1, -0.05) is 36.8 Å². The fourth-order valence-electron chi connectivity index (χ4n) is 4.17. The molecule has 0 spiro atoms. The second-order valence-electron chi connectivity index (χ2n) is 6.79. The molecule has 5 nitrogen and oxygen atoms in total. The smallest absolute Gasteiger partial charge is 0.326 e. The number of hydrogen-bond donors (Lipinski definition) is 1. The Bertz CT molecular complexity index is 628. The van der Waals surface area contributed by atoms with Crippen molar-refractivity contribution in [3.63, 3.8) is 0 Å². The molecule has 0 radical (unpaired) electrons. The van der Waals surface area contributed by atoms with Crippen LogP contribution in [0.15, 0.2) is 30.3 Å². The van der Waals surface area contributed by atoms with E-state index in [4.69, 9.17) is 0 Å². The first-order valence-corrected chi connectivity index (χ1v) is 8.70. The van der Waals surface area contributed by atoms with Gasteiger partial charge in [0.1, 0.15) is 6.04 Å². The van der Waals surface area contributed by atoms with Gasteiger partial charge < -0.3 is 10.0 Å². The van der Waals surface area contributed by atoms with Crippen molar-refractivity contribution in [1.82, 2.24) is 4.90 Å². The third-order valence-electron chi connectivity index (χ3n) is 5.30. The molecule has 128 valence electrons. The van der Waals surface area contributed by atoms with Gasteiger partial charge in [-0.25, -0.2) is 4.79 Å². The molecule has 1 aliphatic heterocycles. The maximum Gasteiger partial charge on any atom is 0.326 e. The summed E-state index contributed by atoms with van der Waals surface area (Å²) in [6.45, 7) is 0. The Balaban J connectivity index is 1.56. The summed E-state index contributed by atoms with van der Waals surface area (Å²) in [6, 6.07) is 8.45. The van der Waals surface area contributed by atoms with Crippen molar-refractivity contribution in [3.05, 3.63) is 35.9 Å². The number of amides is 1. The summed E-state index contributed by atoms with van der Waals surface area (Å²) < 4.78 is 0. The van der Waals surface area contributed by atoms with Crippen molar-refractivity contribution in [3.8, 4) is 0 Å². The average molecular weight is 329 g/mol. The minimum absolute atomic E-state index is 0.0262. The summed E-state index contributed by atoms with van der Waals surface area (Å²) in [6.07, 6.45) is 4.59. The molecule has 1 aromatic rings. The Kier molecular flexibility index (Phi) is 4.97. The normalized spacial score (nSPS) is 25.5. The molecule has 1 heterocycles. The molecule has 0 unspecified atom stereocenters. The molecule has 2 aliphatic rings. The number of benzene rings is 1. The van der Waals surface area contributed by atoms with E-state index < -0.39 is 12.0 Å². The van der Waals surface area contributed by atoms with Crippen LogP contribution in [0.5, 0.6) is 0 Å². The minimum atomic E-state index is -0.905. The van der Waals surface area contributed by atoms with Crippen LogP contribution in [0.25, 0.3) is 0 Å². The fraction of sp³-hybridized carbons (Fsp3) is 0.526. The minimum Gasteiger partial charge on any atom is -0.480 e. The number of ketones is 1. The van der Waals surface area contributed by atoms with E-state index in [9.17, 15) is 19.5 Å². The molecule has 1 saturated carbocycles. The zero-order valence-corrected chi connectivity index (χ0v) is 13.7. The molecule has 1 saturated heterocycles. The number of hydrogen-bond acceptors (Lipinski definition) is 3. The van der Waals surface area contributed by atoms with Crippen LogP contribution in [-0.4, -0.2) is 39.7 Å². The van der Waals surface area contributed by atoms with E-state index in [-0.39, 0.29) is 24.2 Å². The number of likely N-dealkylation sites (tertiary alicyclic amines) is 1. The molecule has 1 amide bonds. The van der Waals surface area contributed by atoms with Gasteiger partial charge in [0.2, 0.25) is 5.91 Å². The first kappa shape index (κ1) is 16.7. The molecular weight excluding hydrogens is 306 g/mol. The topological polar surface area (TPSA) is 74.7 Å². The molecule has 5 heteroatoms. The van der Waals surface area contributed by atoms with Crippen molar-refractivity contribution < 1.29 is 19.5 Å². The first-order valence-electron chi connectivity index (χ1n) is 8.70. The number of carbonyl (C=O) groups excluding carboxylic acids is 2. The largest absolute Gasteiger partial charge is 0.480 e. The van der Waals surface area contributed by atoms with Gasteiger partial charge in [-0.3, -0.25) is 9.59 Å². The molecule has 3 rings (SSSR count). The Morgan fingerprint density at radius 1 is 1.08 bits per heavy atom. The van der Waals surface area contributed by atoms with E-state index in [2.05, 4.69) is 0 Å². The van der Waals surface area contributed by atoms with Crippen LogP contribution in [0, 0.1) is 5.92 Å². The van der Waals surface area contributed by atoms with Gasteiger partial charge in [0.25, 0.3) is 0 Å². The zero-order chi connectivity index (χ0) is 17.1. The van der Waals surface area contributed by atoms with E-state index in [0.717, 1.165) is 19.3 Å². The third-order valence-corrected chi connectivity index (χ3v) is 5.30. The van der Waals surface area contributed by atoms with Gasteiger partial charge in [-0.2, -0.15) is 0 Å². The number of carboxylic acids is 1. The van der Waals surface area contributed by atoms with Gasteiger partial charge in [0.05, 0.1) is 0 Å². The van der Waals surface area contributed by atoms with Crippen molar-refractivity contribution >= 4 is 17.7 Å². The number of aliphatic carboxylic acids is 1. The monoisotopic (exact) mass is 329 g/mol. The lowest BCUT2D eigenvalue weighted by Crippen LogP contribution is -2.44. The van der Waals surface area contributed by atoms with Crippen molar-refractivity contribution in [2.45, 2.75) is 57.0 Å². The number of carboxylic acid groups (broad SMARTS) is 1. The Morgan fingerprint density at radius 2 is 1.83 bits per heavy atom. The maximum atomic E-state index is 12.6. The third kappa shape index (κ3) is 3.35. The Morgan fingerprint density at radius 3 is 2.54 bits per heavy atom. The summed E-state index contributed by atoms with van der Waals surface area (Å²) in [5.41, 5.74) is 0.658. The molecule has 2 fully saturated rings. The van der Waals surface area contributed by atoms with Crippen LogP contribution >= 0.6 is 0 Å². The summed E-state index contributed by atoms with van der Waals surface area (Å²) >= 11 is 0. The second kappa shape index (κ2) is 7.16. The predicted molar refractivity (Wildman–Crippen MR) is 88.6 cm³/mol. The van der Waals surface area contributed by atoms with Gasteiger partial charge in [-0.05, 0) is 31.6 Å². The SMILES string of the molecule is O=C(CCCC(=O)N1[C@H](C(=O)O)C[C@@H]2CCC[C@@H]21)c1ccccc1. The Labute approximate surface area is 141 Å².